The Kier molecular flexibility index (Phi) is 8.92. The summed E-state index contributed by atoms with van der Waals surface area (Å²) < 4.78 is 23.0. The molecule has 0 saturated carbocycles. The summed E-state index contributed by atoms with van der Waals surface area (Å²) in [6, 6.07) is 24.0. The zero-order valence-corrected chi connectivity index (χ0v) is 25.7. The largest absolute Gasteiger partial charge is 0.456 e. The molecule has 1 atom stereocenters. The van der Waals surface area contributed by atoms with Gasteiger partial charge in [-0.2, -0.15) is 0 Å². The summed E-state index contributed by atoms with van der Waals surface area (Å²) in [6.07, 6.45) is -0.648. The summed E-state index contributed by atoms with van der Waals surface area (Å²) in [5.41, 5.74) is 3.21. The van der Waals surface area contributed by atoms with Crippen molar-refractivity contribution in [3.63, 3.8) is 0 Å². The van der Waals surface area contributed by atoms with E-state index in [0.29, 0.717) is 57.2 Å². The van der Waals surface area contributed by atoms with Gasteiger partial charge in [-0.15, -0.1) is 0 Å². The number of anilines is 3. The van der Waals surface area contributed by atoms with Crippen molar-refractivity contribution in [2.75, 3.05) is 29.1 Å². The molecule has 2 aliphatic rings. The summed E-state index contributed by atoms with van der Waals surface area (Å²) in [4.78, 5) is 60.1. The van der Waals surface area contributed by atoms with Crippen LogP contribution in [-0.2, 0) is 42.4 Å². The Morgan fingerprint density at radius 2 is 1.50 bits per heavy atom. The smallest absolute Gasteiger partial charge is 0.411 e. The quantitative estimate of drug-likeness (QED) is 0.104. The van der Waals surface area contributed by atoms with E-state index >= 15 is 0 Å². The topological polar surface area (TPSA) is 170 Å². The van der Waals surface area contributed by atoms with E-state index in [1.807, 2.05) is 12.1 Å². The summed E-state index contributed by atoms with van der Waals surface area (Å²) in [7, 11) is 0. The normalized spacial score (nSPS) is 15.3. The third-order valence-electron chi connectivity index (χ3n) is 7.71. The minimum Gasteiger partial charge on any atom is -0.456 e. The highest BCUT2D eigenvalue weighted by Gasteiger charge is 2.50. The Morgan fingerprint density at radius 3 is 2.25 bits per heavy atom. The molecular formula is C35H30N4O9. The second-order valence-corrected chi connectivity index (χ2v) is 10.9. The van der Waals surface area contributed by atoms with Gasteiger partial charge in [0.25, 0.3) is 0 Å². The van der Waals surface area contributed by atoms with E-state index < -0.39 is 23.8 Å². The molecule has 244 valence electrons. The van der Waals surface area contributed by atoms with Crippen molar-refractivity contribution in [1.29, 1.82) is 0 Å². The van der Waals surface area contributed by atoms with Crippen LogP contribution in [0, 0.1) is 0 Å². The number of carbonyl (C=O) groups excluding carboxylic acids is 5. The van der Waals surface area contributed by atoms with Crippen LogP contribution < -0.4 is 26.0 Å². The lowest BCUT2D eigenvalue weighted by molar-refractivity contribution is -0.118. The number of fused-ring (bicyclic) bond motifs is 5. The summed E-state index contributed by atoms with van der Waals surface area (Å²) in [5, 5.41) is 10.3. The molecule has 13 heteroatoms. The van der Waals surface area contributed by atoms with Crippen LogP contribution >= 0.6 is 0 Å². The van der Waals surface area contributed by atoms with Crippen molar-refractivity contribution in [2.45, 2.75) is 25.6 Å². The van der Waals surface area contributed by atoms with E-state index in [1.54, 1.807) is 79.7 Å². The molecule has 0 aromatic heterocycles. The predicted octanol–water partition coefficient (Wildman–Crippen LogP) is 5.45. The van der Waals surface area contributed by atoms with Crippen LogP contribution in [0.2, 0.25) is 0 Å². The van der Waals surface area contributed by atoms with Gasteiger partial charge in [0, 0.05) is 46.7 Å². The standard InChI is InChI=1S/C35H30N4O9/c1-2-45-33(43)38-24-12-9-22-17-35(27-6-4-3-5-26(27)32(42)48-35)28-14-13-25(16-30(28)47-29(22)15-24)39-34(44)46-19-21-7-10-23(11-8-21)37-31(41)18-36-20-40/h3-16,20H,2,17-19H2,1H3,(H,36,40)(H,37,41)(H,38,43)(H,39,44). The molecule has 4 amide bonds. The van der Waals surface area contributed by atoms with E-state index in [-0.39, 0.29) is 32.1 Å². The second-order valence-electron chi connectivity index (χ2n) is 10.9. The van der Waals surface area contributed by atoms with Crippen LogP contribution in [0.5, 0.6) is 11.5 Å². The van der Waals surface area contributed by atoms with Gasteiger partial charge in [-0.25, -0.2) is 14.4 Å². The molecule has 4 aromatic rings. The lowest BCUT2D eigenvalue weighted by Gasteiger charge is -2.29. The molecule has 4 aromatic carbocycles. The molecule has 48 heavy (non-hydrogen) atoms. The molecule has 2 aliphatic heterocycles. The van der Waals surface area contributed by atoms with E-state index in [4.69, 9.17) is 18.9 Å². The molecule has 0 aliphatic carbocycles. The summed E-state index contributed by atoms with van der Waals surface area (Å²) >= 11 is 0. The Hall–Kier alpha value is -6.37. The van der Waals surface area contributed by atoms with Crippen LogP contribution in [0.25, 0.3) is 0 Å². The van der Waals surface area contributed by atoms with Gasteiger partial charge in [-0.3, -0.25) is 20.2 Å². The van der Waals surface area contributed by atoms with Gasteiger partial charge < -0.3 is 29.6 Å². The average molecular weight is 651 g/mol. The fourth-order valence-electron chi connectivity index (χ4n) is 5.60. The molecule has 0 bridgehead atoms. The first-order valence-corrected chi connectivity index (χ1v) is 15.0. The van der Waals surface area contributed by atoms with Crippen molar-refractivity contribution in [3.8, 4) is 11.5 Å². The van der Waals surface area contributed by atoms with Crippen molar-refractivity contribution in [2.24, 2.45) is 0 Å². The lowest BCUT2D eigenvalue weighted by atomic mass is 9.80. The zero-order chi connectivity index (χ0) is 33.7. The first kappa shape index (κ1) is 31.6. The predicted molar refractivity (Wildman–Crippen MR) is 173 cm³/mol. The minimum absolute atomic E-state index is 0.0480. The maximum atomic E-state index is 13.1. The highest BCUT2D eigenvalue weighted by atomic mass is 16.6. The molecule has 6 rings (SSSR count). The molecule has 4 N–H and O–H groups in total. The number of carbonyl (C=O) groups is 5. The number of hydrogen-bond acceptors (Lipinski definition) is 9. The average Bonchev–Trinajstić information content (AvgIpc) is 3.28. The Balaban J connectivity index is 1.23. The van der Waals surface area contributed by atoms with Crippen molar-refractivity contribution in [1.82, 2.24) is 5.32 Å². The summed E-state index contributed by atoms with van der Waals surface area (Å²) in [5.74, 6) is -0.0991. The number of nitrogens with one attached hydrogen (secondary N) is 4. The zero-order valence-electron chi connectivity index (χ0n) is 25.7. The van der Waals surface area contributed by atoms with Gasteiger partial charge in [0.05, 0.1) is 18.7 Å². The second kappa shape index (κ2) is 13.5. The number of ether oxygens (including phenoxy) is 4. The first-order valence-electron chi connectivity index (χ1n) is 15.0. The molecule has 1 unspecified atom stereocenters. The van der Waals surface area contributed by atoms with Gasteiger partial charge in [0.1, 0.15) is 18.1 Å². The van der Waals surface area contributed by atoms with E-state index in [0.717, 1.165) is 5.56 Å². The monoisotopic (exact) mass is 650 g/mol. The number of amides is 4. The number of hydrogen-bond donors (Lipinski definition) is 4. The Morgan fingerprint density at radius 1 is 0.812 bits per heavy atom. The fourth-order valence-corrected chi connectivity index (χ4v) is 5.60. The lowest BCUT2D eigenvalue weighted by Crippen LogP contribution is -2.30. The van der Waals surface area contributed by atoms with Crippen LogP contribution in [0.1, 0.15) is 39.5 Å². The first-order chi connectivity index (χ1) is 23.3. The fraction of sp³-hybridized carbons (Fsp3) is 0.171. The maximum Gasteiger partial charge on any atom is 0.411 e. The molecule has 0 radical (unpaired) electrons. The van der Waals surface area contributed by atoms with Crippen LogP contribution in [-0.4, -0.2) is 43.6 Å². The highest BCUT2D eigenvalue weighted by molar-refractivity contribution is 5.96. The Bertz CT molecular complexity index is 1910. The molecule has 13 nitrogen and oxygen atoms in total. The van der Waals surface area contributed by atoms with Gasteiger partial charge >= 0.3 is 18.2 Å². The highest BCUT2D eigenvalue weighted by Crippen LogP contribution is 2.52. The van der Waals surface area contributed by atoms with Crippen molar-refractivity contribution in [3.05, 3.63) is 113 Å². The van der Waals surface area contributed by atoms with E-state index in [2.05, 4.69) is 21.3 Å². The van der Waals surface area contributed by atoms with Crippen LogP contribution in [0.15, 0.2) is 84.9 Å². The van der Waals surface area contributed by atoms with E-state index in [1.165, 1.54) is 0 Å². The molecule has 0 saturated heterocycles. The van der Waals surface area contributed by atoms with Crippen molar-refractivity contribution >= 4 is 47.5 Å². The number of rotatable bonds is 9. The van der Waals surface area contributed by atoms with E-state index in [9.17, 15) is 24.0 Å². The third-order valence-corrected chi connectivity index (χ3v) is 7.71. The van der Waals surface area contributed by atoms with Crippen molar-refractivity contribution < 1.29 is 42.9 Å². The van der Waals surface area contributed by atoms with Crippen LogP contribution in [0.3, 0.4) is 0 Å². The van der Waals surface area contributed by atoms with Gasteiger partial charge in [-0.1, -0.05) is 36.4 Å². The number of esters is 1. The van der Waals surface area contributed by atoms with Gasteiger partial charge in [-0.05, 0) is 54.4 Å². The minimum atomic E-state index is -1.21. The molecular weight excluding hydrogens is 620 g/mol. The molecule has 1 spiro atoms. The Labute approximate surface area is 274 Å². The third kappa shape index (κ3) is 6.60. The summed E-state index contributed by atoms with van der Waals surface area (Å²) in [6.45, 7) is 1.72. The maximum absolute atomic E-state index is 13.1. The van der Waals surface area contributed by atoms with Gasteiger partial charge in [0.15, 0.2) is 5.60 Å². The number of benzene rings is 4. The molecule has 2 heterocycles. The van der Waals surface area contributed by atoms with Gasteiger partial charge in [0.2, 0.25) is 12.3 Å². The van der Waals surface area contributed by atoms with Crippen LogP contribution in [0.4, 0.5) is 26.7 Å². The SMILES string of the molecule is CCOC(=O)Nc1ccc2c(c1)Oc1cc(NC(=O)OCc3ccc(NC(=O)CNC=O)cc3)ccc1C1(C2)OC(=O)c2ccccc21. The molecule has 0 fully saturated rings.